The average Bonchev–Trinajstić information content (AvgIpc) is 3.14. The molecule has 0 amide bonds. The smallest absolute Gasteiger partial charge is 0.303 e. The standard InChI is InChI=1S/C14H11NO5S2/c1-10(16)19-9-12-5-4-11(20-12)7-13(8-15)22(17,18)14-3-2-6-21-14/h2-7H,9H2,1H3. The van der Waals surface area contributed by atoms with Crippen LogP contribution in [0.1, 0.15) is 18.4 Å². The summed E-state index contributed by atoms with van der Waals surface area (Å²) in [5.41, 5.74) is 0. The lowest BCUT2D eigenvalue weighted by Crippen LogP contribution is -2.01. The number of carbonyl (C=O) groups excluding carboxylic acids is 1. The third kappa shape index (κ3) is 3.63. The van der Waals surface area contributed by atoms with Crippen LogP contribution in [0.15, 0.2) is 43.2 Å². The Morgan fingerprint density at radius 3 is 2.82 bits per heavy atom. The number of allylic oxidation sites excluding steroid dienone is 1. The molecule has 0 bridgehead atoms. The third-order valence-electron chi connectivity index (χ3n) is 2.53. The first-order chi connectivity index (χ1) is 10.4. The van der Waals surface area contributed by atoms with Crippen molar-refractivity contribution in [3.8, 4) is 6.07 Å². The normalized spacial score (nSPS) is 11.9. The van der Waals surface area contributed by atoms with Crippen LogP contribution < -0.4 is 0 Å². The Bertz CT molecular complexity index is 838. The van der Waals surface area contributed by atoms with Crippen molar-refractivity contribution in [2.24, 2.45) is 0 Å². The maximum atomic E-state index is 12.3. The van der Waals surface area contributed by atoms with Crippen molar-refractivity contribution >= 4 is 33.2 Å². The molecule has 2 heterocycles. The van der Waals surface area contributed by atoms with E-state index in [1.54, 1.807) is 23.6 Å². The molecule has 8 heteroatoms. The zero-order valence-electron chi connectivity index (χ0n) is 11.5. The van der Waals surface area contributed by atoms with Gasteiger partial charge in [0, 0.05) is 13.0 Å². The largest absolute Gasteiger partial charge is 0.458 e. The molecule has 0 unspecified atom stereocenters. The van der Waals surface area contributed by atoms with E-state index in [1.165, 1.54) is 19.1 Å². The molecule has 0 aliphatic carbocycles. The summed E-state index contributed by atoms with van der Waals surface area (Å²) in [6.07, 6.45) is 1.15. The molecule has 0 radical (unpaired) electrons. The molecular formula is C14H11NO5S2. The fourth-order valence-electron chi connectivity index (χ4n) is 1.55. The number of esters is 1. The zero-order chi connectivity index (χ0) is 16.2. The van der Waals surface area contributed by atoms with Gasteiger partial charge in [-0.1, -0.05) is 6.07 Å². The van der Waals surface area contributed by atoms with Gasteiger partial charge in [0.05, 0.1) is 0 Å². The minimum Gasteiger partial charge on any atom is -0.458 e. The van der Waals surface area contributed by atoms with Crippen LogP contribution in [0.3, 0.4) is 0 Å². The van der Waals surface area contributed by atoms with E-state index in [0.29, 0.717) is 5.76 Å². The molecule has 0 saturated heterocycles. The van der Waals surface area contributed by atoms with Gasteiger partial charge in [0.2, 0.25) is 9.84 Å². The van der Waals surface area contributed by atoms with E-state index >= 15 is 0 Å². The molecule has 114 valence electrons. The number of hydrogen-bond acceptors (Lipinski definition) is 7. The van der Waals surface area contributed by atoms with Gasteiger partial charge in [-0.15, -0.1) is 11.3 Å². The van der Waals surface area contributed by atoms with E-state index in [4.69, 9.17) is 14.4 Å². The van der Waals surface area contributed by atoms with Crippen molar-refractivity contribution in [2.45, 2.75) is 17.7 Å². The highest BCUT2D eigenvalue weighted by atomic mass is 32.2. The van der Waals surface area contributed by atoms with E-state index < -0.39 is 20.7 Å². The predicted molar refractivity (Wildman–Crippen MR) is 79.3 cm³/mol. The van der Waals surface area contributed by atoms with Gasteiger partial charge < -0.3 is 9.15 Å². The Morgan fingerprint density at radius 2 is 2.23 bits per heavy atom. The van der Waals surface area contributed by atoms with E-state index in [1.807, 2.05) is 0 Å². The molecule has 0 N–H and O–H groups in total. The minimum atomic E-state index is -3.85. The first-order valence-electron chi connectivity index (χ1n) is 6.06. The first kappa shape index (κ1) is 16.0. The fraction of sp³-hybridized carbons (Fsp3) is 0.143. The number of rotatable bonds is 5. The Labute approximate surface area is 131 Å². The van der Waals surface area contributed by atoms with Crippen molar-refractivity contribution in [2.75, 3.05) is 0 Å². The van der Waals surface area contributed by atoms with Gasteiger partial charge in [0.25, 0.3) is 0 Å². The van der Waals surface area contributed by atoms with Crippen LogP contribution in [-0.4, -0.2) is 14.4 Å². The Hall–Kier alpha value is -2.37. The van der Waals surface area contributed by atoms with Crippen LogP contribution >= 0.6 is 11.3 Å². The monoisotopic (exact) mass is 337 g/mol. The van der Waals surface area contributed by atoms with Crippen LogP contribution in [0.5, 0.6) is 0 Å². The molecule has 0 aliphatic rings. The van der Waals surface area contributed by atoms with Crippen LogP contribution in [-0.2, 0) is 26.0 Å². The molecular weight excluding hydrogens is 326 g/mol. The second kappa shape index (κ2) is 6.60. The van der Waals surface area contributed by atoms with Crippen molar-refractivity contribution in [1.29, 1.82) is 5.26 Å². The lowest BCUT2D eigenvalue weighted by atomic mass is 10.4. The maximum absolute atomic E-state index is 12.3. The molecule has 0 atom stereocenters. The van der Waals surface area contributed by atoms with Gasteiger partial charge in [-0.3, -0.25) is 4.79 Å². The van der Waals surface area contributed by atoms with Gasteiger partial charge in [0.15, 0.2) is 4.91 Å². The fourth-order valence-corrected chi connectivity index (χ4v) is 3.80. The van der Waals surface area contributed by atoms with Gasteiger partial charge in [-0.25, -0.2) is 8.42 Å². The topological polar surface area (TPSA) is 97.4 Å². The lowest BCUT2D eigenvalue weighted by Gasteiger charge is -1.99. The number of thiophene rings is 1. The number of nitriles is 1. The van der Waals surface area contributed by atoms with Gasteiger partial charge >= 0.3 is 5.97 Å². The van der Waals surface area contributed by atoms with Gasteiger partial charge in [0.1, 0.15) is 28.4 Å². The summed E-state index contributed by atoms with van der Waals surface area (Å²) < 4.78 is 34.7. The summed E-state index contributed by atoms with van der Waals surface area (Å²) in [7, 11) is -3.85. The summed E-state index contributed by atoms with van der Waals surface area (Å²) in [5, 5.41) is 10.7. The molecule has 0 spiro atoms. The Balaban J connectivity index is 2.27. The summed E-state index contributed by atoms with van der Waals surface area (Å²) >= 11 is 1.03. The van der Waals surface area contributed by atoms with E-state index in [2.05, 4.69) is 0 Å². The molecule has 2 aromatic heterocycles. The summed E-state index contributed by atoms with van der Waals surface area (Å²) in [5.74, 6) is 0.0950. The van der Waals surface area contributed by atoms with Crippen LogP contribution in [0.4, 0.5) is 0 Å². The van der Waals surface area contributed by atoms with Crippen LogP contribution in [0.25, 0.3) is 6.08 Å². The second-order valence-electron chi connectivity index (χ2n) is 4.14. The summed E-state index contributed by atoms with van der Waals surface area (Å²) in [6.45, 7) is 1.22. The number of hydrogen-bond donors (Lipinski definition) is 0. The summed E-state index contributed by atoms with van der Waals surface area (Å²) in [6, 6.07) is 7.74. The molecule has 2 rings (SSSR count). The predicted octanol–water partition coefficient (Wildman–Crippen LogP) is 2.74. The van der Waals surface area contributed by atoms with Gasteiger partial charge in [-0.2, -0.15) is 5.26 Å². The number of ether oxygens (including phenoxy) is 1. The molecule has 0 aliphatic heterocycles. The number of furan rings is 1. The average molecular weight is 337 g/mol. The van der Waals surface area contributed by atoms with Crippen LogP contribution in [0.2, 0.25) is 0 Å². The maximum Gasteiger partial charge on any atom is 0.303 e. The third-order valence-corrected chi connectivity index (χ3v) is 5.60. The van der Waals surface area contributed by atoms with Crippen molar-refractivity contribution in [3.05, 3.63) is 46.1 Å². The first-order valence-corrected chi connectivity index (χ1v) is 8.42. The number of sulfone groups is 1. The summed E-state index contributed by atoms with van der Waals surface area (Å²) in [4.78, 5) is 10.3. The quantitative estimate of drug-likeness (QED) is 0.614. The molecule has 6 nitrogen and oxygen atoms in total. The van der Waals surface area contributed by atoms with E-state index in [0.717, 1.165) is 17.4 Å². The highest BCUT2D eigenvalue weighted by Gasteiger charge is 2.22. The Morgan fingerprint density at radius 1 is 1.45 bits per heavy atom. The molecule has 0 fully saturated rings. The van der Waals surface area contributed by atoms with E-state index in [-0.39, 0.29) is 16.6 Å². The molecule has 0 saturated carbocycles. The van der Waals surface area contributed by atoms with Crippen molar-refractivity contribution < 1.29 is 22.4 Å². The van der Waals surface area contributed by atoms with Crippen molar-refractivity contribution in [3.63, 3.8) is 0 Å². The van der Waals surface area contributed by atoms with Crippen LogP contribution in [0, 0.1) is 11.3 Å². The molecule has 0 aromatic carbocycles. The SMILES string of the molecule is CC(=O)OCc1ccc(C=C(C#N)S(=O)(=O)c2cccs2)o1. The highest BCUT2D eigenvalue weighted by molar-refractivity contribution is 7.97. The highest BCUT2D eigenvalue weighted by Crippen LogP contribution is 2.25. The Kier molecular flexibility index (Phi) is 4.80. The minimum absolute atomic E-state index is 0.0528. The molecule has 22 heavy (non-hydrogen) atoms. The lowest BCUT2D eigenvalue weighted by molar-refractivity contribution is -0.142. The molecule has 2 aromatic rings. The zero-order valence-corrected chi connectivity index (χ0v) is 13.1. The number of carbonyl (C=O) groups is 1. The second-order valence-corrected chi connectivity index (χ2v) is 7.23. The number of nitrogens with zero attached hydrogens (tertiary/aromatic N) is 1. The van der Waals surface area contributed by atoms with E-state index in [9.17, 15) is 13.2 Å². The van der Waals surface area contributed by atoms with Gasteiger partial charge in [-0.05, 0) is 23.6 Å². The van der Waals surface area contributed by atoms with Crippen molar-refractivity contribution in [1.82, 2.24) is 0 Å².